The molecule has 0 saturated carbocycles. The van der Waals surface area contributed by atoms with Crippen LogP contribution in [0.25, 0.3) is 0 Å². The molecule has 82 valence electrons. The molecule has 15 heavy (non-hydrogen) atoms. The molecule has 0 aromatic carbocycles. The lowest BCUT2D eigenvalue weighted by Gasteiger charge is -2.29. The van der Waals surface area contributed by atoms with Crippen LogP contribution in [0.3, 0.4) is 0 Å². The zero-order valence-corrected chi connectivity index (χ0v) is 8.91. The molecular weight excluding hydrogens is 218 g/mol. The van der Waals surface area contributed by atoms with Gasteiger partial charge in [0.15, 0.2) is 11.0 Å². The molecule has 1 N–H and O–H groups in total. The SMILES string of the molecule is O=C(c1ccc(Cl)o1)N1CCC[C@H](O)C1. The Labute approximate surface area is 92.4 Å². The molecule has 1 aliphatic rings. The van der Waals surface area contributed by atoms with Crippen LogP contribution in [0, 0.1) is 0 Å². The van der Waals surface area contributed by atoms with Crippen LogP contribution in [0.5, 0.6) is 0 Å². The fourth-order valence-electron chi connectivity index (χ4n) is 1.72. The van der Waals surface area contributed by atoms with Crippen LogP contribution in [-0.2, 0) is 0 Å². The first-order valence-electron chi connectivity index (χ1n) is 4.89. The highest BCUT2D eigenvalue weighted by atomic mass is 35.5. The van der Waals surface area contributed by atoms with Crippen molar-refractivity contribution in [2.24, 2.45) is 0 Å². The van der Waals surface area contributed by atoms with Gasteiger partial charge in [0.05, 0.1) is 6.10 Å². The summed E-state index contributed by atoms with van der Waals surface area (Å²) < 4.78 is 5.03. The molecule has 1 fully saturated rings. The number of nitrogens with zero attached hydrogens (tertiary/aromatic N) is 1. The van der Waals surface area contributed by atoms with Crippen LogP contribution in [0.1, 0.15) is 23.4 Å². The Bertz CT molecular complexity index is 363. The number of furan rings is 1. The molecule has 1 aromatic rings. The van der Waals surface area contributed by atoms with E-state index >= 15 is 0 Å². The van der Waals surface area contributed by atoms with Gasteiger partial charge in [-0.1, -0.05) is 0 Å². The molecule has 1 saturated heterocycles. The third kappa shape index (κ3) is 2.33. The monoisotopic (exact) mass is 229 g/mol. The molecule has 2 heterocycles. The second kappa shape index (κ2) is 4.24. The van der Waals surface area contributed by atoms with E-state index in [0.29, 0.717) is 13.1 Å². The summed E-state index contributed by atoms with van der Waals surface area (Å²) in [6.07, 6.45) is 1.15. The number of aliphatic hydroxyl groups excluding tert-OH is 1. The van der Waals surface area contributed by atoms with Crippen LogP contribution in [0.2, 0.25) is 5.22 Å². The highest BCUT2D eigenvalue weighted by molar-refractivity contribution is 6.29. The molecule has 0 spiro atoms. The van der Waals surface area contributed by atoms with Crippen LogP contribution < -0.4 is 0 Å². The zero-order chi connectivity index (χ0) is 10.8. The minimum Gasteiger partial charge on any atom is -0.440 e. The average Bonchev–Trinajstić information content (AvgIpc) is 2.64. The van der Waals surface area contributed by atoms with E-state index < -0.39 is 6.10 Å². The molecule has 0 aliphatic carbocycles. The first-order valence-corrected chi connectivity index (χ1v) is 5.27. The summed E-state index contributed by atoms with van der Waals surface area (Å²) in [4.78, 5) is 13.4. The van der Waals surface area contributed by atoms with Crippen molar-refractivity contribution < 1.29 is 14.3 Å². The fraction of sp³-hybridized carbons (Fsp3) is 0.500. The fourth-order valence-corrected chi connectivity index (χ4v) is 1.87. The smallest absolute Gasteiger partial charge is 0.289 e. The minimum absolute atomic E-state index is 0.205. The van der Waals surface area contributed by atoms with Gasteiger partial charge in [0.25, 0.3) is 5.91 Å². The summed E-state index contributed by atoms with van der Waals surface area (Å²) in [5.41, 5.74) is 0. The molecular formula is C10H12ClNO3. The lowest BCUT2D eigenvalue weighted by atomic mass is 10.1. The van der Waals surface area contributed by atoms with E-state index in [2.05, 4.69) is 0 Å². The molecule has 5 heteroatoms. The topological polar surface area (TPSA) is 53.7 Å². The van der Waals surface area contributed by atoms with Crippen molar-refractivity contribution in [2.75, 3.05) is 13.1 Å². The normalized spacial score (nSPS) is 21.7. The van der Waals surface area contributed by atoms with E-state index in [0.717, 1.165) is 12.8 Å². The Morgan fingerprint density at radius 1 is 1.60 bits per heavy atom. The number of rotatable bonds is 1. The lowest BCUT2D eigenvalue weighted by molar-refractivity contribution is 0.0448. The quantitative estimate of drug-likeness (QED) is 0.795. The molecule has 1 atom stereocenters. The molecule has 2 rings (SSSR count). The average molecular weight is 230 g/mol. The molecule has 1 aromatic heterocycles. The van der Waals surface area contributed by atoms with Gasteiger partial charge in [0.2, 0.25) is 0 Å². The Morgan fingerprint density at radius 2 is 2.40 bits per heavy atom. The van der Waals surface area contributed by atoms with Crippen molar-refractivity contribution in [2.45, 2.75) is 18.9 Å². The number of aliphatic hydroxyl groups is 1. The number of carbonyl (C=O) groups excluding carboxylic acids is 1. The number of carbonyl (C=O) groups is 1. The van der Waals surface area contributed by atoms with Crippen LogP contribution >= 0.6 is 11.6 Å². The van der Waals surface area contributed by atoms with Crippen molar-refractivity contribution in [3.8, 4) is 0 Å². The van der Waals surface area contributed by atoms with E-state index in [4.69, 9.17) is 16.0 Å². The molecule has 4 nitrogen and oxygen atoms in total. The highest BCUT2D eigenvalue weighted by Crippen LogP contribution is 2.17. The Morgan fingerprint density at radius 3 is 3.00 bits per heavy atom. The van der Waals surface area contributed by atoms with E-state index in [1.54, 1.807) is 11.0 Å². The van der Waals surface area contributed by atoms with Crippen molar-refractivity contribution in [3.63, 3.8) is 0 Å². The molecule has 1 amide bonds. The Balaban J connectivity index is 2.07. The van der Waals surface area contributed by atoms with Gasteiger partial charge in [0.1, 0.15) is 0 Å². The van der Waals surface area contributed by atoms with Gasteiger partial charge >= 0.3 is 0 Å². The molecule has 1 aliphatic heterocycles. The maximum Gasteiger partial charge on any atom is 0.289 e. The van der Waals surface area contributed by atoms with Gasteiger partial charge < -0.3 is 14.4 Å². The summed E-state index contributed by atoms with van der Waals surface area (Å²) in [5.74, 6) is 0.0229. The number of halogens is 1. The van der Waals surface area contributed by atoms with Crippen LogP contribution in [-0.4, -0.2) is 35.1 Å². The molecule has 0 bridgehead atoms. The molecule has 0 radical (unpaired) electrons. The maximum absolute atomic E-state index is 11.8. The standard InChI is InChI=1S/C10H12ClNO3/c11-9-4-3-8(15-9)10(14)12-5-1-2-7(13)6-12/h3-4,7,13H,1-2,5-6H2/t7-/m0/s1. The second-order valence-electron chi connectivity index (χ2n) is 3.65. The number of β-amino-alcohol motifs (C(OH)–C–C–N with tert-alkyl or cyclic N) is 1. The first kappa shape index (κ1) is 10.5. The first-order chi connectivity index (χ1) is 7.16. The third-order valence-corrected chi connectivity index (χ3v) is 2.67. The largest absolute Gasteiger partial charge is 0.440 e. The van der Waals surface area contributed by atoms with E-state index in [9.17, 15) is 9.90 Å². The number of likely N-dealkylation sites (tertiary alicyclic amines) is 1. The van der Waals surface area contributed by atoms with E-state index in [-0.39, 0.29) is 16.9 Å². The van der Waals surface area contributed by atoms with E-state index in [1.807, 2.05) is 0 Å². The summed E-state index contributed by atoms with van der Waals surface area (Å²) in [7, 11) is 0. The van der Waals surface area contributed by atoms with Gasteiger partial charge in [-0.25, -0.2) is 0 Å². The van der Waals surface area contributed by atoms with Gasteiger partial charge in [-0.05, 0) is 36.6 Å². The van der Waals surface area contributed by atoms with Crippen LogP contribution in [0.4, 0.5) is 0 Å². The highest BCUT2D eigenvalue weighted by Gasteiger charge is 2.24. The van der Waals surface area contributed by atoms with Crippen molar-refractivity contribution >= 4 is 17.5 Å². The third-order valence-electron chi connectivity index (χ3n) is 2.47. The number of piperidine rings is 1. The number of hydrogen-bond donors (Lipinski definition) is 1. The second-order valence-corrected chi connectivity index (χ2v) is 4.02. The van der Waals surface area contributed by atoms with Gasteiger partial charge in [-0.3, -0.25) is 4.79 Å². The number of hydrogen-bond acceptors (Lipinski definition) is 3. The van der Waals surface area contributed by atoms with Gasteiger partial charge in [-0.15, -0.1) is 0 Å². The van der Waals surface area contributed by atoms with Crippen LogP contribution in [0.15, 0.2) is 16.5 Å². The lowest BCUT2D eigenvalue weighted by Crippen LogP contribution is -2.42. The van der Waals surface area contributed by atoms with E-state index in [1.165, 1.54) is 6.07 Å². The summed E-state index contributed by atoms with van der Waals surface area (Å²) >= 11 is 5.59. The predicted molar refractivity (Wildman–Crippen MR) is 54.9 cm³/mol. The zero-order valence-electron chi connectivity index (χ0n) is 8.15. The van der Waals surface area contributed by atoms with Crippen molar-refractivity contribution in [1.82, 2.24) is 4.90 Å². The van der Waals surface area contributed by atoms with Crippen molar-refractivity contribution in [3.05, 3.63) is 23.1 Å². The summed E-state index contributed by atoms with van der Waals surface area (Å²) in [6.45, 7) is 1.03. The minimum atomic E-state index is -0.423. The van der Waals surface area contributed by atoms with Gasteiger partial charge in [0, 0.05) is 13.1 Å². The maximum atomic E-state index is 11.8. The molecule has 0 unspecified atom stereocenters. The van der Waals surface area contributed by atoms with Crippen molar-refractivity contribution in [1.29, 1.82) is 0 Å². The predicted octanol–water partition coefficient (Wildman–Crippen LogP) is 1.53. The number of amides is 1. The Kier molecular flexibility index (Phi) is 2.98. The van der Waals surface area contributed by atoms with Gasteiger partial charge in [-0.2, -0.15) is 0 Å². The summed E-state index contributed by atoms with van der Waals surface area (Å²) in [6, 6.07) is 3.08. The summed E-state index contributed by atoms with van der Waals surface area (Å²) in [5, 5.41) is 9.63. The Hall–Kier alpha value is -1.00.